The normalized spacial score (nSPS) is 11.8. The number of thiocarbonyl (C=S) groups is 1. The molecule has 0 aromatic heterocycles. The van der Waals surface area contributed by atoms with Gasteiger partial charge in [-0.2, -0.15) is 0 Å². The molecule has 0 fully saturated rings. The van der Waals surface area contributed by atoms with E-state index in [2.05, 4.69) is 36.9 Å². The number of halogens is 2. The Labute approximate surface area is 202 Å². The first-order valence-corrected chi connectivity index (χ1v) is 10.9. The molecule has 1 unspecified atom stereocenters. The molecule has 0 aliphatic heterocycles. The summed E-state index contributed by atoms with van der Waals surface area (Å²) in [6.45, 7) is 7.63. The SMILES string of the molecule is CC(Oc1ccc(Cl)cc1Cl)C(=O)NNC(=S)NC(=O)COc1ccc(C(C)(C)C)cc1. The molecule has 3 N–H and O–H groups in total. The number of rotatable bonds is 6. The Kier molecular flexibility index (Phi) is 9.12. The van der Waals surface area contributed by atoms with Crippen molar-refractivity contribution in [3.05, 3.63) is 58.1 Å². The van der Waals surface area contributed by atoms with Crippen LogP contribution in [0.3, 0.4) is 0 Å². The largest absolute Gasteiger partial charge is 0.484 e. The van der Waals surface area contributed by atoms with Gasteiger partial charge in [0.15, 0.2) is 17.8 Å². The van der Waals surface area contributed by atoms with Crippen molar-refractivity contribution in [3.63, 3.8) is 0 Å². The van der Waals surface area contributed by atoms with E-state index in [-0.39, 0.29) is 22.2 Å². The maximum atomic E-state index is 12.2. The summed E-state index contributed by atoms with van der Waals surface area (Å²) in [7, 11) is 0. The summed E-state index contributed by atoms with van der Waals surface area (Å²) in [6.07, 6.45) is -0.890. The molecule has 0 radical (unpaired) electrons. The van der Waals surface area contributed by atoms with Gasteiger partial charge in [0.25, 0.3) is 11.8 Å². The molecule has 0 saturated heterocycles. The zero-order valence-electron chi connectivity index (χ0n) is 18.1. The van der Waals surface area contributed by atoms with Gasteiger partial charge in [-0.25, -0.2) is 0 Å². The van der Waals surface area contributed by atoms with Gasteiger partial charge in [0.2, 0.25) is 0 Å². The first kappa shape index (κ1) is 25.7. The first-order chi connectivity index (χ1) is 15.0. The second-order valence-electron chi connectivity index (χ2n) is 7.89. The minimum absolute atomic E-state index is 0.0296. The van der Waals surface area contributed by atoms with Gasteiger partial charge in [-0.05, 0) is 60.5 Å². The van der Waals surface area contributed by atoms with Crippen molar-refractivity contribution in [1.29, 1.82) is 0 Å². The van der Waals surface area contributed by atoms with Crippen molar-refractivity contribution in [2.24, 2.45) is 0 Å². The van der Waals surface area contributed by atoms with E-state index in [9.17, 15) is 9.59 Å². The van der Waals surface area contributed by atoms with E-state index in [0.29, 0.717) is 16.5 Å². The number of hydrogen-bond donors (Lipinski definition) is 3. The lowest BCUT2D eigenvalue weighted by atomic mass is 9.87. The molecule has 7 nitrogen and oxygen atoms in total. The van der Waals surface area contributed by atoms with Crippen LogP contribution in [0.25, 0.3) is 0 Å². The number of ether oxygens (including phenoxy) is 2. The van der Waals surface area contributed by atoms with Crippen LogP contribution in [0.15, 0.2) is 42.5 Å². The molecule has 2 aromatic carbocycles. The predicted molar refractivity (Wildman–Crippen MR) is 129 cm³/mol. The zero-order valence-corrected chi connectivity index (χ0v) is 20.5. The molecule has 0 aliphatic carbocycles. The Balaban J connectivity index is 1.73. The van der Waals surface area contributed by atoms with Crippen molar-refractivity contribution in [3.8, 4) is 11.5 Å². The maximum Gasteiger partial charge on any atom is 0.279 e. The first-order valence-electron chi connectivity index (χ1n) is 9.70. The van der Waals surface area contributed by atoms with E-state index in [1.165, 1.54) is 13.0 Å². The van der Waals surface area contributed by atoms with Crippen molar-refractivity contribution in [1.82, 2.24) is 16.2 Å². The number of hydrazine groups is 1. The molecule has 0 saturated carbocycles. The summed E-state index contributed by atoms with van der Waals surface area (Å²) < 4.78 is 11.0. The van der Waals surface area contributed by atoms with E-state index in [4.69, 9.17) is 44.9 Å². The Morgan fingerprint density at radius 1 is 1.06 bits per heavy atom. The molecule has 2 aromatic rings. The summed E-state index contributed by atoms with van der Waals surface area (Å²) in [5.41, 5.74) is 5.98. The van der Waals surface area contributed by atoms with E-state index in [1.807, 2.05) is 12.1 Å². The lowest BCUT2D eigenvalue weighted by molar-refractivity contribution is -0.128. The Bertz CT molecular complexity index is 978. The van der Waals surface area contributed by atoms with Gasteiger partial charge in [0.1, 0.15) is 11.5 Å². The van der Waals surface area contributed by atoms with E-state index in [0.717, 1.165) is 5.56 Å². The van der Waals surface area contributed by atoms with Gasteiger partial charge in [0.05, 0.1) is 5.02 Å². The number of carbonyl (C=O) groups is 2. The highest BCUT2D eigenvalue weighted by Gasteiger charge is 2.17. The summed E-state index contributed by atoms with van der Waals surface area (Å²) in [5, 5.41) is 3.05. The van der Waals surface area contributed by atoms with Crippen molar-refractivity contribution in [2.75, 3.05) is 6.61 Å². The fourth-order valence-electron chi connectivity index (χ4n) is 2.43. The third-order valence-electron chi connectivity index (χ3n) is 4.21. The average molecular weight is 498 g/mol. The number of hydrogen-bond acceptors (Lipinski definition) is 5. The standard InChI is InChI=1S/C22H25Cl2N3O4S/c1-13(31-18-10-7-15(23)11-17(18)24)20(29)26-27-21(32)25-19(28)12-30-16-8-5-14(6-9-16)22(2,3)4/h5-11,13H,12H2,1-4H3,(H,26,29)(H2,25,27,28,32). The van der Waals surface area contributed by atoms with Crippen LogP contribution < -0.4 is 25.6 Å². The van der Waals surface area contributed by atoms with Gasteiger partial charge >= 0.3 is 0 Å². The fourth-order valence-corrected chi connectivity index (χ4v) is 3.05. The van der Waals surface area contributed by atoms with Crippen LogP contribution in [0.1, 0.15) is 33.3 Å². The van der Waals surface area contributed by atoms with Crippen molar-refractivity contribution in [2.45, 2.75) is 39.2 Å². The van der Waals surface area contributed by atoms with Crippen LogP contribution in [0, 0.1) is 0 Å². The highest BCUT2D eigenvalue weighted by atomic mass is 35.5. The monoisotopic (exact) mass is 497 g/mol. The topological polar surface area (TPSA) is 88.7 Å². The van der Waals surface area contributed by atoms with Crippen LogP contribution in [-0.4, -0.2) is 29.6 Å². The van der Waals surface area contributed by atoms with Crippen LogP contribution >= 0.6 is 35.4 Å². The highest BCUT2D eigenvalue weighted by Crippen LogP contribution is 2.28. The molecule has 1 atom stereocenters. The van der Waals surface area contributed by atoms with E-state index >= 15 is 0 Å². The quantitative estimate of drug-likeness (QED) is 0.410. The molecular formula is C22H25Cl2N3O4S. The van der Waals surface area contributed by atoms with Gasteiger partial charge in [-0.15, -0.1) is 0 Å². The molecule has 0 spiro atoms. The van der Waals surface area contributed by atoms with Crippen LogP contribution in [0.4, 0.5) is 0 Å². The number of nitrogens with one attached hydrogen (secondary N) is 3. The smallest absolute Gasteiger partial charge is 0.279 e. The summed E-state index contributed by atoms with van der Waals surface area (Å²) in [5.74, 6) is -0.133. The minimum atomic E-state index is -0.890. The molecule has 2 rings (SSSR count). The van der Waals surface area contributed by atoms with Gasteiger partial charge in [0, 0.05) is 5.02 Å². The van der Waals surface area contributed by atoms with Crippen LogP contribution in [0.5, 0.6) is 11.5 Å². The molecule has 10 heteroatoms. The molecule has 2 amide bonds. The van der Waals surface area contributed by atoms with Gasteiger partial charge in [-0.1, -0.05) is 56.1 Å². The number of benzene rings is 2. The molecule has 0 aliphatic rings. The summed E-state index contributed by atoms with van der Waals surface area (Å²) in [4.78, 5) is 24.2. The second kappa shape index (κ2) is 11.4. The van der Waals surface area contributed by atoms with Crippen molar-refractivity contribution < 1.29 is 19.1 Å². The summed E-state index contributed by atoms with van der Waals surface area (Å²) >= 11 is 16.9. The fraction of sp³-hybridized carbons (Fsp3) is 0.318. The lowest BCUT2D eigenvalue weighted by Crippen LogP contribution is -2.52. The van der Waals surface area contributed by atoms with E-state index in [1.54, 1.807) is 24.3 Å². The zero-order chi connectivity index (χ0) is 23.9. The Hall–Kier alpha value is -2.55. The minimum Gasteiger partial charge on any atom is -0.484 e. The third kappa shape index (κ3) is 8.18. The molecular weight excluding hydrogens is 473 g/mol. The third-order valence-corrected chi connectivity index (χ3v) is 4.94. The summed E-state index contributed by atoms with van der Waals surface area (Å²) in [6, 6.07) is 12.2. The Morgan fingerprint density at radius 2 is 1.72 bits per heavy atom. The van der Waals surface area contributed by atoms with Crippen LogP contribution in [-0.2, 0) is 15.0 Å². The maximum absolute atomic E-state index is 12.2. The highest BCUT2D eigenvalue weighted by molar-refractivity contribution is 7.80. The molecule has 32 heavy (non-hydrogen) atoms. The molecule has 172 valence electrons. The van der Waals surface area contributed by atoms with Gasteiger partial charge < -0.3 is 9.47 Å². The number of carbonyl (C=O) groups excluding carboxylic acids is 2. The average Bonchev–Trinajstić information content (AvgIpc) is 2.72. The second-order valence-corrected chi connectivity index (χ2v) is 9.14. The van der Waals surface area contributed by atoms with E-state index < -0.39 is 17.9 Å². The number of amides is 2. The molecule has 0 heterocycles. The van der Waals surface area contributed by atoms with Crippen LogP contribution in [0.2, 0.25) is 10.0 Å². The van der Waals surface area contributed by atoms with Crippen molar-refractivity contribution >= 4 is 52.3 Å². The Morgan fingerprint density at radius 3 is 2.31 bits per heavy atom. The lowest BCUT2D eigenvalue weighted by Gasteiger charge is -2.19. The predicted octanol–water partition coefficient (Wildman–Crippen LogP) is 4.16. The van der Waals surface area contributed by atoms with Gasteiger partial charge in [-0.3, -0.25) is 25.8 Å². The molecule has 0 bridgehead atoms.